The Morgan fingerprint density at radius 3 is 1.69 bits per heavy atom. The third-order valence-electron chi connectivity index (χ3n) is 10.7. The molecule has 22 heteroatoms. The topological polar surface area (TPSA) is 227 Å². The van der Waals surface area contributed by atoms with Crippen molar-refractivity contribution in [2.45, 2.75) is 6.92 Å². The lowest BCUT2D eigenvalue weighted by molar-refractivity contribution is 0.122. The van der Waals surface area contributed by atoms with E-state index in [-0.39, 0.29) is 23.5 Å². The molecule has 0 spiro atoms. The van der Waals surface area contributed by atoms with Gasteiger partial charge in [0, 0.05) is 54.9 Å². The molecule has 0 radical (unpaired) electrons. The number of morpholine rings is 2. The van der Waals surface area contributed by atoms with Crippen LogP contribution in [0.2, 0.25) is 0 Å². The zero-order valence-electron chi connectivity index (χ0n) is 38.3. The number of aromatic nitrogens is 10. The number of rotatable bonds is 14. The van der Waals surface area contributed by atoms with Crippen LogP contribution in [0.15, 0.2) is 139 Å². The van der Waals surface area contributed by atoms with Gasteiger partial charge in [-0.2, -0.15) is 40.6 Å². The highest BCUT2D eigenvalue weighted by Crippen LogP contribution is 2.27. The van der Waals surface area contributed by atoms with Gasteiger partial charge in [0.2, 0.25) is 11.9 Å². The highest BCUT2D eigenvalue weighted by Gasteiger charge is 2.19. The van der Waals surface area contributed by atoms with Gasteiger partial charge in [-0.3, -0.25) is 9.97 Å². The van der Waals surface area contributed by atoms with E-state index in [2.05, 4.69) is 88.1 Å². The van der Waals surface area contributed by atoms with Crippen LogP contribution in [0.25, 0.3) is 22.4 Å². The van der Waals surface area contributed by atoms with Crippen molar-refractivity contribution in [2.24, 2.45) is 10.2 Å². The molecule has 0 saturated carbocycles. The monoisotopic (exact) mass is 956 g/mol. The largest absolute Gasteiger partial charge is 0.378 e. The Labute approximate surface area is 406 Å². The van der Waals surface area contributed by atoms with Crippen LogP contribution in [0.3, 0.4) is 0 Å². The molecule has 8 heterocycles. The summed E-state index contributed by atoms with van der Waals surface area (Å²) in [6.45, 7) is 6.48. The highest BCUT2D eigenvalue weighted by molar-refractivity contribution is 5.79. The van der Waals surface area contributed by atoms with Gasteiger partial charge in [0.05, 0.1) is 104 Å². The normalized spacial score (nSPS) is 13.7. The van der Waals surface area contributed by atoms with Crippen LogP contribution < -0.4 is 31.3 Å². The van der Waals surface area contributed by atoms with E-state index in [0.29, 0.717) is 64.0 Å². The average Bonchev–Trinajstić information content (AvgIpc) is 3.42. The molecule has 10 rings (SSSR count). The first kappa shape index (κ1) is 47.1. The van der Waals surface area contributed by atoms with Gasteiger partial charge in [-0.1, -0.05) is 12.1 Å². The van der Waals surface area contributed by atoms with Crippen LogP contribution in [0.1, 0.15) is 17.0 Å². The number of anilines is 8. The fraction of sp³-hybridized carbons (Fsp3) is 0.184. The van der Waals surface area contributed by atoms with Gasteiger partial charge in [0.25, 0.3) is 0 Å². The highest BCUT2D eigenvalue weighted by atomic mass is 19.1. The van der Waals surface area contributed by atoms with Crippen molar-refractivity contribution in [3.63, 3.8) is 0 Å². The van der Waals surface area contributed by atoms with Crippen LogP contribution in [0.4, 0.5) is 55.1 Å². The molecule has 2 aliphatic heterocycles. The number of halogens is 2. The number of ether oxygens (including phenoxy) is 2. The number of hydrazone groups is 2. The molecular weight excluding hydrogens is 911 g/mol. The zero-order valence-corrected chi connectivity index (χ0v) is 38.3. The molecule has 358 valence electrons. The Balaban J connectivity index is 0.000000176. The van der Waals surface area contributed by atoms with Crippen LogP contribution >= 0.6 is 0 Å². The van der Waals surface area contributed by atoms with E-state index in [1.807, 2.05) is 95.6 Å². The summed E-state index contributed by atoms with van der Waals surface area (Å²) in [5, 5.41) is 30.9. The summed E-state index contributed by atoms with van der Waals surface area (Å²) < 4.78 is 38.9. The Morgan fingerprint density at radius 2 is 1.14 bits per heavy atom. The van der Waals surface area contributed by atoms with Crippen molar-refractivity contribution in [1.29, 1.82) is 0 Å². The van der Waals surface area contributed by atoms with Crippen molar-refractivity contribution >= 4 is 58.7 Å². The second-order valence-corrected chi connectivity index (χ2v) is 15.8. The first-order chi connectivity index (χ1) is 34.9. The molecule has 0 unspecified atom stereocenters. The standard InChI is InChI=1S/C25H24FN9O.C24H22FN9O/c1-17-11-18(23-3-2-6-29-33-23)13-21(12-17)31-20-5-4-19(27-14-20)15-30-34-25-28-16-22(26)24(32-25)35-7-9-36-10-8-35;25-22-16-27-24(32-23(22)34-8-10-35-11-9-34)33-30-15-20-4-5-21(14-26-20)31-19-3-1-2-17(12-19)18-6-7-28-29-13-18/h2-6,11-16,31H,7-10H2,1H3,(H,28,32,34);1-7,12-16,31H,8-11H2,(H,27,32,33)/b2*30-15+. The first-order valence-electron chi connectivity index (χ1n) is 22.4. The third kappa shape index (κ3) is 13.2. The van der Waals surface area contributed by atoms with Gasteiger partial charge in [0.15, 0.2) is 23.3 Å². The predicted molar refractivity (Wildman–Crippen MR) is 267 cm³/mol. The van der Waals surface area contributed by atoms with E-state index in [4.69, 9.17) is 9.47 Å². The smallest absolute Gasteiger partial charge is 0.245 e. The summed E-state index contributed by atoms with van der Waals surface area (Å²) in [4.78, 5) is 28.9. The molecular formula is C49H46F2N18O2. The summed E-state index contributed by atoms with van der Waals surface area (Å²) in [6, 6.07) is 27.3. The summed E-state index contributed by atoms with van der Waals surface area (Å²) in [5.41, 5.74) is 15.2. The maximum Gasteiger partial charge on any atom is 0.245 e. The fourth-order valence-corrected chi connectivity index (χ4v) is 7.27. The van der Waals surface area contributed by atoms with Gasteiger partial charge >= 0.3 is 0 Å². The molecule has 4 N–H and O–H groups in total. The number of nitrogens with one attached hydrogen (secondary N) is 4. The number of pyridine rings is 2. The zero-order chi connectivity index (χ0) is 48.6. The molecule has 20 nitrogen and oxygen atoms in total. The fourth-order valence-electron chi connectivity index (χ4n) is 7.27. The van der Waals surface area contributed by atoms with E-state index < -0.39 is 11.6 Å². The van der Waals surface area contributed by atoms with E-state index in [9.17, 15) is 8.78 Å². The summed E-state index contributed by atoms with van der Waals surface area (Å²) in [6.07, 6.45) is 13.8. The van der Waals surface area contributed by atoms with Crippen molar-refractivity contribution in [3.05, 3.63) is 157 Å². The van der Waals surface area contributed by atoms with E-state index in [1.165, 1.54) is 0 Å². The molecule has 2 aromatic carbocycles. The van der Waals surface area contributed by atoms with E-state index >= 15 is 0 Å². The number of benzene rings is 2. The molecule has 0 aliphatic carbocycles. The first-order valence-corrected chi connectivity index (χ1v) is 22.4. The van der Waals surface area contributed by atoms with Crippen LogP contribution in [-0.4, -0.2) is 115 Å². The lowest BCUT2D eigenvalue weighted by Gasteiger charge is -2.27. The minimum Gasteiger partial charge on any atom is -0.378 e. The van der Waals surface area contributed by atoms with Crippen molar-refractivity contribution in [3.8, 4) is 22.4 Å². The molecule has 0 atom stereocenters. The van der Waals surface area contributed by atoms with Crippen LogP contribution in [0.5, 0.6) is 0 Å². The number of hydrogen-bond acceptors (Lipinski definition) is 20. The summed E-state index contributed by atoms with van der Waals surface area (Å²) in [5.74, 6) is -0.0859. The van der Waals surface area contributed by atoms with Gasteiger partial charge in [0.1, 0.15) is 0 Å². The lowest BCUT2D eigenvalue weighted by atomic mass is 10.1. The quantitative estimate of drug-likeness (QED) is 0.0619. The van der Waals surface area contributed by atoms with Crippen LogP contribution in [-0.2, 0) is 9.47 Å². The van der Waals surface area contributed by atoms with Crippen LogP contribution in [0, 0.1) is 18.6 Å². The Bertz CT molecular complexity index is 3050. The average molecular weight is 957 g/mol. The Morgan fingerprint density at radius 1 is 0.535 bits per heavy atom. The number of aryl methyl sites for hydroxylation is 1. The van der Waals surface area contributed by atoms with Gasteiger partial charge in [-0.25, -0.2) is 29.6 Å². The molecule has 0 bridgehead atoms. The minimum atomic E-state index is -0.478. The molecule has 0 amide bonds. The molecule has 6 aromatic heterocycles. The second kappa shape index (κ2) is 23.3. The van der Waals surface area contributed by atoms with Gasteiger partial charge < -0.3 is 29.9 Å². The lowest BCUT2D eigenvalue weighted by Crippen LogP contribution is -2.37. The Hall–Kier alpha value is -9.02. The third-order valence-corrected chi connectivity index (χ3v) is 10.7. The molecule has 2 saturated heterocycles. The van der Waals surface area contributed by atoms with Crippen molar-refractivity contribution < 1.29 is 18.3 Å². The molecule has 2 aliphatic rings. The predicted octanol–water partition coefficient (Wildman–Crippen LogP) is 7.30. The van der Waals surface area contributed by atoms with E-state index in [1.54, 1.807) is 43.4 Å². The SMILES string of the molecule is Cc1cc(Nc2ccc(/C=N/Nc3ncc(F)c(N4CCOCC4)n3)nc2)cc(-c2cccnn2)c1.Fc1cnc(N/N=C/c2ccc(Nc3cccc(-c4ccnnc4)c3)cn2)nc1N1CCOCC1. The number of nitrogens with zero attached hydrogens (tertiary/aromatic N) is 14. The van der Waals surface area contributed by atoms with Gasteiger partial charge in [-0.15, -0.1) is 0 Å². The molecule has 8 aromatic rings. The Kier molecular flexibility index (Phi) is 15.5. The summed E-state index contributed by atoms with van der Waals surface area (Å²) >= 11 is 0. The maximum absolute atomic E-state index is 14.2. The van der Waals surface area contributed by atoms with Gasteiger partial charge in [-0.05, 0) is 90.8 Å². The number of hydrogen-bond donors (Lipinski definition) is 4. The minimum absolute atomic E-state index is 0.200. The van der Waals surface area contributed by atoms with E-state index in [0.717, 1.165) is 63.1 Å². The molecule has 71 heavy (non-hydrogen) atoms. The maximum atomic E-state index is 14.2. The summed E-state index contributed by atoms with van der Waals surface area (Å²) in [7, 11) is 0. The molecule has 2 fully saturated rings. The second-order valence-electron chi connectivity index (χ2n) is 15.8. The van der Waals surface area contributed by atoms with Crippen molar-refractivity contribution in [2.75, 3.05) is 83.9 Å². The van der Waals surface area contributed by atoms with Crippen molar-refractivity contribution in [1.82, 2.24) is 50.3 Å².